The molecule has 1 aliphatic rings. The fourth-order valence-electron chi connectivity index (χ4n) is 2.03. The number of nitro benzene ring substituents is 1. The number of nitrogens with zero attached hydrogens (tertiary/aromatic N) is 2. The second-order valence-electron chi connectivity index (χ2n) is 4.24. The molecule has 0 unspecified atom stereocenters. The van der Waals surface area contributed by atoms with Crippen LogP contribution in [0.5, 0.6) is 5.75 Å². The predicted molar refractivity (Wildman–Crippen MR) is 69.5 cm³/mol. The van der Waals surface area contributed by atoms with Crippen molar-refractivity contribution in [2.75, 3.05) is 20.2 Å². The van der Waals surface area contributed by atoms with E-state index in [2.05, 4.69) is 4.90 Å². The van der Waals surface area contributed by atoms with Crippen molar-refractivity contribution >= 4 is 11.8 Å². The number of likely N-dealkylation sites (tertiary alicyclic amines) is 1. The van der Waals surface area contributed by atoms with Gasteiger partial charge >= 0.3 is 0 Å². The van der Waals surface area contributed by atoms with Gasteiger partial charge in [0.1, 0.15) is 5.75 Å². The van der Waals surface area contributed by atoms with E-state index in [1.54, 1.807) is 18.2 Å². The Balaban J connectivity index is 2.23. The maximum Gasteiger partial charge on any atom is 0.280 e. The Morgan fingerprint density at radius 2 is 2.11 bits per heavy atom. The molecule has 1 aromatic rings. The van der Waals surface area contributed by atoms with Crippen molar-refractivity contribution < 1.29 is 9.66 Å². The summed E-state index contributed by atoms with van der Waals surface area (Å²) < 4.78 is 5.00. The summed E-state index contributed by atoms with van der Waals surface area (Å²) in [5.41, 5.74) is 0.678. The van der Waals surface area contributed by atoms with Crippen molar-refractivity contribution in [2.24, 2.45) is 0 Å². The first-order valence-electron chi connectivity index (χ1n) is 5.95. The number of ether oxygens (including phenoxy) is 1. The summed E-state index contributed by atoms with van der Waals surface area (Å²) in [6.45, 7) is 2.06. The minimum atomic E-state index is -0.383. The molecule has 0 N–H and O–H groups in total. The molecule has 0 atom stereocenters. The summed E-state index contributed by atoms with van der Waals surface area (Å²) in [5.74, 6) is 0.500. The Morgan fingerprint density at radius 1 is 1.39 bits per heavy atom. The third-order valence-corrected chi connectivity index (χ3v) is 3.04. The van der Waals surface area contributed by atoms with Crippen LogP contribution in [0.4, 0.5) is 5.69 Å². The number of methoxy groups -OCH3 is 1. The van der Waals surface area contributed by atoms with Crippen molar-refractivity contribution in [1.29, 1.82) is 0 Å². The molecule has 5 nitrogen and oxygen atoms in total. The number of benzene rings is 1. The summed E-state index contributed by atoms with van der Waals surface area (Å²) in [6.07, 6.45) is 6.11. The van der Waals surface area contributed by atoms with Gasteiger partial charge < -0.3 is 9.64 Å². The molecule has 0 aromatic heterocycles. The molecule has 1 heterocycles. The molecule has 0 aliphatic carbocycles. The van der Waals surface area contributed by atoms with Gasteiger partial charge in [0.25, 0.3) is 5.69 Å². The lowest BCUT2D eigenvalue weighted by Crippen LogP contribution is -2.10. The van der Waals surface area contributed by atoms with Crippen molar-refractivity contribution in [2.45, 2.75) is 12.8 Å². The smallest absolute Gasteiger partial charge is 0.280 e. The largest absolute Gasteiger partial charge is 0.497 e. The van der Waals surface area contributed by atoms with E-state index in [0.29, 0.717) is 11.3 Å². The van der Waals surface area contributed by atoms with E-state index in [1.807, 2.05) is 6.20 Å². The Bertz CT molecular complexity index is 465. The summed E-state index contributed by atoms with van der Waals surface area (Å²) in [6, 6.07) is 4.89. The Hall–Kier alpha value is -2.04. The standard InChI is InChI=1S/C13H16N2O3/c1-18-12-5-4-11(13(10-12)15(16)17)6-9-14-7-2-3-8-14/h4-6,9-10H,2-3,7-8H2,1H3/b9-6+. The zero-order chi connectivity index (χ0) is 13.0. The van der Waals surface area contributed by atoms with Crippen molar-refractivity contribution in [1.82, 2.24) is 4.90 Å². The summed E-state index contributed by atoms with van der Waals surface area (Å²) in [4.78, 5) is 12.8. The highest BCUT2D eigenvalue weighted by molar-refractivity contribution is 5.62. The SMILES string of the molecule is COc1ccc(/C=C/N2CCCC2)c([N+](=O)[O-])c1. The molecule has 96 valence electrons. The second kappa shape index (κ2) is 5.53. The van der Waals surface area contributed by atoms with Gasteiger partial charge in [-0.05, 0) is 37.3 Å². The van der Waals surface area contributed by atoms with Gasteiger partial charge in [0.05, 0.1) is 23.7 Å². The third kappa shape index (κ3) is 2.80. The Morgan fingerprint density at radius 3 is 2.72 bits per heavy atom. The molecule has 0 radical (unpaired) electrons. The van der Waals surface area contributed by atoms with Gasteiger partial charge in [0, 0.05) is 13.1 Å². The van der Waals surface area contributed by atoms with Crippen LogP contribution in [0.2, 0.25) is 0 Å². The van der Waals surface area contributed by atoms with Crippen LogP contribution in [-0.4, -0.2) is 30.0 Å². The molecule has 2 rings (SSSR count). The summed E-state index contributed by atoms with van der Waals surface area (Å²) in [5, 5.41) is 11.0. The Kier molecular flexibility index (Phi) is 3.82. The predicted octanol–water partition coefficient (Wildman–Crippen LogP) is 2.67. The van der Waals surface area contributed by atoms with Gasteiger partial charge in [0.15, 0.2) is 0 Å². The van der Waals surface area contributed by atoms with Gasteiger partial charge in [-0.1, -0.05) is 0 Å². The first-order valence-corrected chi connectivity index (χ1v) is 5.95. The zero-order valence-electron chi connectivity index (χ0n) is 10.3. The van der Waals surface area contributed by atoms with Crippen LogP contribution in [0.3, 0.4) is 0 Å². The highest BCUT2D eigenvalue weighted by Gasteiger charge is 2.13. The maximum absolute atomic E-state index is 11.0. The lowest BCUT2D eigenvalue weighted by molar-refractivity contribution is -0.385. The fraction of sp³-hybridized carbons (Fsp3) is 0.385. The molecule has 0 saturated carbocycles. The van der Waals surface area contributed by atoms with E-state index >= 15 is 0 Å². The van der Waals surface area contributed by atoms with Gasteiger partial charge in [-0.25, -0.2) is 0 Å². The number of hydrogen-bond acceptors (Lipinski definition) is 4. The van der Waals surface area contributed by atoms with Gasteiger partial charge in [-0.15, -0.1) is 0 Å². The van der Waals surface area contributed by atoms with Crippen LogP contribution >= 0.6 is 0 Å². The van der Waals surface area contributed by atoms with E-state index in [1.165, 1.54) is 26.0 Å². The number of rotatable bonds is 4. The highest BCUT2D eigenvalue weighted by atomic mass is 16.6. The van der Waals surface area contributed by atoms with Crippen LogP contribution in [0, 0.1) is 10.1 Å². The number of nitro groups is 1. The van der Waals surface area contributed by atoms with E-state index in [0.717, 1.165) is 13.1 Å². The Labute approximate surface area is 106 Å². The molecule has 1 fully saturated rings. The van der Waals surface area contributed by atoms with Crippen LogP contribution < -0.4 is 4.74 Å². The molecule has 1 saturated heterocycles. The summed E-state index contributed by atoms with van der Waals surface area (Å²) in [7, 11) is 1.50. The average Bonchev–Trinajstić information content (AvgIpc) is 2.89. The average molecular weight is 248 g/mol. The molecular weight excluding hydrogens is 232 g/mol. The van der Waals surface area contributed by atoms with Crippen LogP contribution in [-0.2, 0) is 0 Å². The lowest BCUT2D eigenvalue weighted by atomic mass is 10.1. The summed E-state index contributed by atoms with van der Waals surface area (Å²) >= 11 is 0. The van der Waals surface area contributed by atoms with Crippen molar-refractivity contribution in [3.63, 3.8) is 0 Å². The number of hydrogen-bond donors (Lipinski definition) is 0. The van der Waals surface area contributed by atoms with E-state index in [4.69, 9.17) is 4.74 Å². The molecule has 0 spiro atoms. The third-order valence-electron chi connectivity index (χ3n) is 3.04. The molecule has 0 amide bonds. The van der Waals surface area contributed by atoms with Crippen LogP contribution in [0.1, 0.15) is 18.4 Å². The van der Waals surface area contributed by atoms with Crippen LogP contribution in [0.15, 0.2) is 24.4 Å². The fourth-order valence-corrected chi connectivity index (χ4v) is 2.03. The van der Waals surface area contributed by atoms with E-state index in [-0.39, 0.29) is 10.6 Å². The first kappa shape index (κ1) is 12.4. The second-order valence-corrected chi connectivity index (χ2v) is 4.24. The molecular formula is C13H16N2O3. The molecule has 0 bridgehead atoms. The topological polar surface area (TPSA) is 55.6 Å². The van der Waals surface area contributed by atoms with Gasteiger partial charge in [-0.3, -0.25) is 10.1 Å². The van der Waals surface area contributed by atoms with E-state index in [9.17, 15) is 10.1 Å². The quantitative estimate of drug-likeness (QED) is 0.607. The highest BCUT2D eigenvalue weighted by Crippen LogP contribution is 2.26. The van der Waals surface area contributed by atoms with Gasteiger partial charge in [0.2, 0.25) is 0 Å². The molecule has 5 heteroatoms. The monoisotopic (exact) mass is 248 g/mol. The molecule has 1 aromatic carbocycles. The maximum atomic E-state index is 11.0. The van der Waals surface area contributed by atoms with Crippen molar-refractivity contribution in [3.05, 3.63) is 40.1 Å². The van der Waals surface area contributed by atoms with Gasteiger partial charge in [-0.2, -0.15) is 0 Å². The zero-order valence-corrected chi connectivity index (χ0v) is 10.3. The first-order chi connectivity index (χ1) is 8.70. The molecule has 1 aliphatic heterocycles. The normalized spacial score (nSPS) is 15.3. The van der Waals surface area contributed by atoms with E-state index < -0.39 is 0 Å². The minimum Gasteiger partial charge on any atom is -0.497 e. The van der Waals surface area contributed by atoms with Crippen molar-refractivity contribution in [3.8, 4) is 5.75 Å². The molecule has 18 heavy (non-hydrogen) atoms. The minimum absolute atomic E-state index is 0.0739. The lowest BCUT2D eigenvalue weighted by Gasteiger charge is -2.10. The van der Waals surface area contributed by atoms with Crippen LogP contribution in [0.25, 0.3) is 6.08 Å².